The third-order valence-electron chi connectivity index (χ3n) is 5.30. The smallest absolute Gasteiger partial charge is 0.146 e. The first-order valence-electron chi connectivity index (χ1n) is 10.0. The van der Waals surface area contributed by atoms with Crippen LogP contribution < -0.4 is 11.1 Å². The molecule has 1 aliphatic carbocycles. The zero-order valence-electron chi connectivity index (χ0n) is 16.9. The lowest BCUT2D eigenvalue weighted by Crippen LogP contribution is -2.03. The van der Waals surface area contributed by atoms with Crippen molar-refractivity contribution in [3.05, 3.63) is 71.0 Å². The van der Waals surface area contributed by atoms with Gasteiger partial charge in [-0.1, -0.05) is 30.0 Å². The van der Waals surface area contributed by atoms with Crippen LogP contribution in [0.4, 0.5) is 0 Å². The number of benzene rings is 2. The molecule has 0 fully saturated rings. The number of nitrogens with one attached hydrogen (secondary N) is 2. The molecule has 0 saturated carbocycles. The number of H-pyrrole nitrogens is 2. The Kier molecular flexibility index (Phi) is 5.77. The number of aromatic nitrogens is 4. The Labute approximate surface area is 188 Å². The Morgan fingerprint density at radius 1 is 0.875 bits per heavy atom. The van der Waals surface area contributed by atoms with Crippen LogP contribution in [0, 0.1) is 11.8 Å². The van der Waals surface area contributed by atoms with Crippen molar-refractivity contribution in [2.45, 2.75) is 12.8 Å². The molecule has 2 N–H and O–H groups in total. The minimum Gasteiger partial charge on any atom is -0.341 e. The SMILES string of the molecule is O=CPc1ncc(-c2ccc(C#Cc3ccc4c(c3)CCc3[nH]c(PC=O)nc3-4)cc2)[nH]1. The molecule has 0 amide bonds. The lowest BCUT2D eigenvalue weighted by Gasteiger charge is -2.15. The van der Waals surface area contributed by atoms with E-state index in [2.05, 4.69) is 43.9 Å². The van der Waals surface area contributed by atoms with Crippen LogP contribution in [0.2, 0.25) is 0 Å². The van der Waals surface area contributed by atoms with Crippen molar-refractivity contribution in [3.8, 4) is 34.4 Å². The topological polar surface area (TPSA) is 91.5 Å². The highest BCUT2D eigenvalue weighted by Gasteiger charge is 2.20. The van der Waals surface area contributed by atoms with E-state index in [9.17, 15) is 9.59 Å². The van der Waals surface area contributed by atoms with Gasteiger partial charge in [-0.3, -0.25) is 9.59 Å². The van der Waals surface area contributed by atoms with Crippen LogP contribution in [-0.4, -0.2) is 32.0 Å². The van der Waals surface area contributed by atoms with Gasteiger partial charge >= 0.3 is 0 Å². The summed E-state index contributed by atoms with van der Waals surface area (Å²) < 4.78 is 0. The molecule has 0 spiro atoms. The zero-order chi connectivity index (χ0) is 21.9. The summed E-state index contributed by atoms with van der Waals surface area (Å²) in [5.41, 5.74) is 9.64. The van der Waals surface area contributed by atoms with Gasteiger partial charge in [-0.2, -0.15) is 0 Å². The molecule has 32 heavy (non-hydrogen) atoms. The summed E-state index contributed by atoms with van der Waals surface area (Å²) in [6.45, 7) is 0. The highest BCUT2D eigenvalue weighted by molar-refractivity contribution is 7.62. The third-order valence-corrected chi connectivity index (χ3v) is 6.57. The van der Waals surface area contributed by atoms with E-state index < -0.39 is 0 Å². The second-order valence-corrected chi connectivity index (χ2v) is 9.28. The summed E-state index contributed by atoms with van der Waals surface area (Å²) in [6, 6.07) is 15.9. The van der Waals surface area contributed by atoms with Crippen LogP contribution in [0.5, 0.6) is 0 Å². The molecular formula is C24H18N4O2P2. The van der Waals surface area contributed by atoms with Crippen molar-refractivity contribution < 1.29 is 9.59 Å². The second-order valence-electron chi connectivity index (χ2n) is 7.28. The van der Waals surface area contributed by atoms with Crippen LogP contribution in [0.25, 0.3) is 22.5 Å². The van der Waals surface area contributed by atoms with Crippen LogP contribution in [0.3, 0.4) is 0 Å². The van der Waals surface area contributed by atoms with Crippen molar-refractivity contribution in [1.82, 2.24) is 19.9 Å². The molecule has 2 aromatic heterocycles. The van der Waals surface area contributed by atoms with Gasteiger partial charge in [0, 0.05) is 39.5 Å². The predicted octanol–water partition coefficient (Wildman–Crippen LogP) is 2.95. The standard InChI is InChI=1S/C24H18N4O2P2/c29-13-31-23-25-12-21(27-23)17-6-3-15(4-7-17)1-2-16-5-9-19-18(11-16)8-10-20-22(19)28-24(26-20)32-14-30/h3-7,9,11-14,31-32H,8,10H2,(H,25,27)(H,26,28). The first kappa shape index (κ1) is 20.5. The molecule has 2 atom stereocenters. The average molecular weight is 456 g/mol. The van der Waals surface area contributed by atoms with Gasteiger partial charge in [-0.05, 0) is 48.2 Å². The quantitative estimate of drug-likeness (QED) is 0.275. The molecule has 0 saturated heterocycles. The Balaban J connectivity index is 1.35. The van der Waals surface area contributed by atoms with Gasteiger partial charge in [0.15, 0.2) is 0 Å². The Morgan fingerprint density at radius 2 is 1.62 bits per heavy atom. The minimum atomic E-state index is 0.0384. The molecular weight excluding hydrogens is 438 g/mol. The van der Waals surface area contributed by atoms with E-state index in [0.29, 0.717) is 5.57 Å². The summed E-state index contributed by atoms with van der Waals surface area (Å²) in [6.07, 6.45) is 3.56. The third kappa shape index (κ3) is 4.18. The van der Waals surface area contributed by atoms with Crippen molar-refractivity contribution in [3.63, 3.8) is 0 Å². The number of hydrogen-bond donors (Lipinski definition) is 2. The highest BCUT2D eigenvalue weighted by atomic mass is 31.1. The van der Waals surface area contributed by atoms with Crippen molar-refractivity contribution in [1.29, 1.82) is 0 Å². The largest absolute Gasteiger partial charge is 0.341 e. The number of aryl methyl sites for hydroxylation is 2. The lowest BCUT2D eigenvalue weighted by molar-refractivity contribution is 0.569. The number of carbonyl (C=O) groups is 2. The summed E-state index contributed by atoms with van der Waals surface area (Å²) >= 11 is 0. The molecule has 2 aromatic carbocycles. The molecule has 8 heteroatoms. The molecule has 5 rings (SSSR count). The van der Waals surface area contributed by atoms with Crippen LogP contribution >= 0.6 is 17.2 Å². The van der Waals surface area contributed by atoms with E-state index in [0.717, 1.165) is 69.8 Å². The zero-order valence-corrected chi connectivity index (χ0v) is 18.9. The summed E-state index contributed by atoms with van der Waals surface area (Å²) in [5, 5.41) is 0. The summed E-state index contributed by atoms with van der Waals surface area (Å²) in [5.74, 6) is 6.49. The van der Waals surface area contributed by atoms with Gasteiger partial charge in [0.1, 0.15) is 23.2 Å². The average Bonchev–Trinajstić information content (AvgIpc) is 3.45. The first-order chi connectivity index (χ1) is 15.7. The van der Waals surface area contributed by atoms with Gasteiger partial charge in [-0.15, -0.1) is 0 Å². The van der Waals surface area contributed by atoms with Crippen molar-refractivity contribution >= 4 is 40.3 Å². The lowest BCUT2D eigenvalue weighted by atomic mass is 9.91. The van der Waals surface area contributed by atoms with E-state index in [-0.39, 0.29) is 17.2 Å². The van der Waals surface area contributed by atoms with Gasteiger partial charge < -0.3 is 9.97 Å². The van der Waals surface area contributed by atoms with E-state index >= 15 is 0 Å². The van der Waals surface area contributed by atoms with Crippen LogP contribution in [0.15, 0.2) is 48.7 Å². The first-order valence-corrected chi connectivity index (χ1v) is 12.2. The van der Waals surface area contributed by atoms with E-state index in [1.54, 1.807) is 6.20 Å². The molecule has 0 bridgehead atoms. The number of aromatic amines is 2. The molecule has 6 nitrogen and oxygen atoms in total. The molecule has 2 unspecified atom stereocenters. The predicted molar refractivity (Wildman–Crippen MR) is 131 cm³/mol. The van der Waals surface area contributed by atoms with Gasteiger partial charge in [-0.25, -0.2) is 9.97 Å². The maximum atomic E-state index is 10.8. The monoisotopic (exact) mass is 456 g/mol. The number of imidazole rings is 2. The number of nitrogens with zero attached hydrogens (tertiary/aromatic N) is 2. The maximum Gasteiger partial charge on any atom is 0.146 e. The maximum absolute atomic E-state index is 10.8. The molecule has 0 radical (unpaired) electrons. The van der Waals surface area contributed by atoms with Gasteiger partial charge in [0.25, 0.3) is 0 Å². The fourth-order valence-corrected chi connectivity index (χ4v) is 4.75. The van der Waals surface area contributed by atoms with E-state index in [1.807, 2.05) is 30.3 Å². The fraction of sp³-hybridized carbons (Fsp3) is 0.0833. The molecule has 1 aliphatic rings. The van der Waals surface area contributed by atoms with E-state index in [4.69, 9.17) is 0 Å². The Hall–Kier alpha value is -3.38. The molecule has 2 heterocycles. The highest BCUT2D eigenvalue weighted by Crippen LogP contribution is 2.32. The number of rotatable bonds is 5. The number of carbonyl (C=O) groups excluding carboxylic acids is 2. The fourth-order valence-electron chi connectivity index (χ4n) is 3.78. The number of fused-ring (bicyclic) bond motifs is 3. The summed E-state index contributed by atoms with van der Waals surface area (Å²) in [7, 11) is 0.0973. The Bertz CT molecular complexity index is 1380. The second kappa shape index (κ2) is 9.01. The molecule has 156 valence electrons. The Morgan fingerprint density at radius 3 is 2.44 bits per heavy atom. The van der Waals surface area contributed by atoms with Gasteiger partial charge in [0.05, 0.1) is 17.6 Å². The number of hydrogen-bond acceptors (Lipinski definition) is 4. The van der Waals surface area contributed by atoms with Crippen LogP contribution in [0.1, 0.15) is 22.4 Å². The van der Waals surface area contributed by atoms with E-state index in [1.165, 1.54) is 5.56 Å². The van der Waals surface area contributed by atoms with Crippen LogP contribution in [-0.2, 0) is 22.4 Å². The molecule has 0 aliphatic heterocycles. The van der Waals surface area contributed by atoms with Crippen molar-refractivity contribution in [2.75, 3.05) is 0 Å². The minimum absolute atomic E-state index is 0.0384. The molecule has 4 aromatic rings. The van der Waals surface area contributed by atoms with Gasteiger partial charge in [0.2, 0.25) is 0 Å². The van der Waals surface area contributed by atoms with Crippen molar-refractivity contribution in [2.24, 2.45) is 0 Å². The summed E-state index contributed by atoms with van der Waals surface area (Å²) in [4.78, 5) is 36.7. The normalized spacial score (nSPS) is 12.5.